The van der Waals surface area contributed by atoms with Gasteiger partial charge in [0.2, 0.25) is 0 Å². The van der Waals surface area contributed by atoms with Crippen LogP contribution in [0.1, 0.15) is 45.1 Å². The molecule has 1 nitrogen and oxygen atoms in total. The first kappa shape index (κ1) is 17.9. The molecule has 20 heavy (non-hydrogen) atoms. The predicted molar refractivity (Wildman–Crippen MR) is 94.1 cm³/mol. The fourth-order valence-electron chi connectivity index (χ4n) is 2.24. The highest BCUT2D eigenvalue weighted by atomic mass is 35.5. The molecule has 1 rings (SSSR count). The third-order valence-corrected chi connectivity index (χ3v) is 4.57. The van der Waals surface area contributed by atoms with E-state index in [0.29, 0.717) is 11.8 Å². The minimum atomic E-state index is 0.600. The number of benzene rings is 1. The van der Waals surface area contributed by atoms with E-state index >= 15 is 0 Å². The molecule has 1 N–H and O–H groups in total. The zero-order chi connectivity index (χ0) is 14.8. The van der Waals surface area contributed by atoms with Crippen molar-refractivity contribution in [3.63, 3.8) is 0 Å². The third kappa shape index (κ3) is 7.56. The number of hydrogen-bond donors (Lipinski definition) is 1. The SMILES string of the molecule is CCSCCCC(CNCC(C)C)c1ccc(Cl)cc1. The summed E-state index contributed by atoms with van der Waals surface area (Å²) in [5.74, 6) is 3.79. The normalized spacial score (nSPS) is 12.8. The van der Waals surface area contributed by atoms with E-state index in [4.69, 9.17) is 11.6 Å². The number of thioether (sulfide) groups is 1. The van der Waals surface area contributed by atoms with E-state index in [1.54, 1.807) is 0 Å². The number of halogens is 1. The van der Waals surface area contributed by atoms with Gasteiger partial charge < -0.3 is 5.32 Å². The molecule has 0 saturated heterocycles. The van der Waals surface area contributed by atoms with Gasteiger partial charge >= 0.3 is 0 Å². The molecule has 0 fully saturated rings. The van der Waals surface area contributed by atoms with E-state index in [-0.39, 0.29) is 0 Å². The van der Waals surface area contributed by atoms with Gasteiger partial charge in [-0.1, -0.05) is 44.5 Å². The summed E-state index contributed by atoms with van der Waals surface area (Å²) in [6, 6.07) is 8.37. The first-order valence-electron chi connectivity index (χ1n) is 7.67. The van der Waals surface area contributed by atoms with Crippen LogP contribution < -0.4 is 5.32 Å². The van der Waals surface area contributed by atoms with Gasteiger partial charge in [-0.15, -0.1) is 0 Å². The van der Waals surface area contributed by atoms with Crippen molar-refractivity contribution in [1.82, 2.24) is 5.32 Å². The fraction of sp³-hybridized carbons (Fsp3) is 0.647. The Labute approximate surface area is 133 Å². The summed E-state index contributed by atoms with van der Waals surface area (Å²) in [5.41, 5.74) is 1.41. The molecule has 114 valence electrons. The van der Waals surface area contributed by atoms with Crippen molar-refractivity contribution in [1.29, 1.82) is 0 Å². The summed E-state index contributed by atoms with van der Waals surface area (Å²) in [4.78, 5) is 0. The van der Waals surface area contributed by atoms with Gasteiger partial charge in [0.25, 0.3) is 0 Å². The van der Waals surface area contributed by atoms with Crippen LogP contribution in [0.25, 0.3) is 0 Å². The lowest BCUT2D eigenvalue weighted by atomic mass is 9.94. The average molecular weight is 314 g/mol. The summed E-state index contributed by atoms with van der Waals surface area (Å²) in [7, 11) is 0. The van der Waals surface area contributed by atoms with E-state index in [1.807, 2.05) is 23.9 Å². The Kier molecular flexibility index (Phi) is 9.41. The molecule has 0 saturated carbocycles. The van der Waals surface area contributed by atoms with Gasteiger partial charge in [-0.25, -0.2) is 0 Å². The molecule has 1 atom stereocenters. The molecule has 0 spiro atoms. The Hall–Kier alpha value is -0.180. The van der Waals surface area contributed by atoms with Gasteiger partial charge in [0.15, 0.2) is 0 Å². The lowest BCUT2D eigenvalue weighted by Crippen LogP contribution is -2.25. The molecule has 0 amide bonds. The zero-order valence-corrected chi connectivity index (χ0v) is 14.6. The van der Waals surface area contributed by atoms with Crippen LogP contribution in [0.5, 0.6) is 0 Å². The minimum absolute atomic E-state index is 0.600. The predicted octanol–water partition coefficient (Wildman–Crippen LogP) is 5.20. The summed E-state index contributed by atoms with van der Waals surface area (Å²) in [6.07, 6.45) is 2.54. The van der Waals surface area contributed by atoms with Crippen molar-refractivity contribution < 1.29 is 0 Å². The summed E-state index contributed by atoms with van der Waals surface area (Å²) in [6.45, 7) is 8.89. The van der Waals surface area contributed by atoms with E-state index in [9.17, 15) is 0 Å². The summed E-state index contributed by atoms with van der Waals surface area (Å²) in [5, 5.41) is 4.42. The molecular weight excluding hydrogens is 286 g/mol. The van der Waals surface area contributed by atoms with Crippen LogP contribution in [0.4, 0.5) is 0 Å². The zero-order valence-electron chi connectivity index (χ0n) is 13.0. The Morgan fingerprint density at radius 1 is 1.15 bits per heavy atom. The number of hydrogen-bond acceptors (Lipinski definition) is 2. The lowest BCUT2D eigenvalue weighted by molar-refractivity contribution is 0.498. The first-order chi connectivity index (χ1) is 9.63. The fourth-order valence-corrected chi connectivity index (χ4v) is 3.03. The maximum Gasteiger partial charge on any atom is 0.0406 e. The van der Waals surface area contributed by atoms with Gasteiger partial charge in [0.1, 0.15) is 0 Å². The monoisotopic (exact) mass is 313 g/mol. The number of nitrogens with one attached hydrogen (secondary N) is 1. The van der Waals surface area contributed by atoms with E-state index in [2.05, 4.69) is 38.2 Å². The highest BCUT2D eigenvalue weighted by Crippen LogP contribution is 2.23. The standard InChI is InChI=1S/C17H28ClNS/c1-4-20-11-5-6-16(13-19-12-14(2)3)15-7-9-17(18)10-8-15/h7-10,14,16,19H,4-6,11-13H2,1-3H3. The quantitative estimate of drug-likeness (QED) is 0.596. The third-order valence-electron chi connectivity index (χ3n) is 3.33. The smallest absolute Gasteiger partial charge is 0.0406 e. The molecule has 1 aromatic rings. The van der Waals surface area contributed by atoms with Gasteiger partial charge in [0.05, 0.1) is 0 Å². The second-order valence-corrected chi connectivity index (χ2v) is 7.47. The lowest BCUT2D eigenvalue weighted by Gasteiger charge is -2.19. The Morgan fingerprint density at radius 3 is 2.45 bits per heavy atom. The second-order valence-electron chi connectivity index (χ2n) is 5.64. The Balaban J connectivity index is 2.51. The maximum atomic E-state index is 5.99. The van der Waals surface area contributed by atoms with Gasteiger partial charge in [-0.2, -0.15) is 11.8 Å². The van der Waals surface area contributed by atoms with Crippen LogP contribution in [0, 0.1) is 5.92 Å². The van der Waals surface area contributed by atoms with Crippen LogP contribution in [-0.4, -0.2) is 24.6 Å². The summed E-state index contributed by atoms with van der Waals surface area (Å²) >= 11 is 8.02. The van der Waals surface area contributed by atoms with Gasteiger partial charge in [-0.05, 0) is 60.4 Å². The largest absolute Gasteiger partial charge is 0.316 e. The average Bonchev–Trinajstić information content (AvgIpc) is 2.42. The molecule has 0 radical (unpaired) electrons. The highest BCUT2D eigenvalue weighted by molar-refractivity contribution is 7.99. The van der Waals surface area contributed by atoms with Crippen molar-refractivity contribution in [3.8, 4) is 0 Å². The molecule has 3 heteroatoms. The Morgan fingerprint density at radius 2 is 1.85 bits per heavy atom. The Bertz CT molecular complexity index is 351. The molecule has 0 bridgehead atoms. The highest BCUT2D eigenvalue weighted by Gasteiger charge is 2.11. The van der Waals surface area contributed by atoms with E-state index in [1.165, 1.54) is 29.9 Å². The van der Waals surface area contributed by atoms with Gasteiger partial charge in [-0.3, -0.25) is 0 Å². The van der Waals surface area contributed by atoms with Crippen molar-refractivity contribution in [3.05, 3.63) is 34.9 Å². The summed E-state index contributed by atoms with van der Waals surface area (Å²) < 4.78 is 0. The van der Waals surface area contributed by atoms with E-state index in [0.717, 1.165) is 18.1 Å². The molecule has 0 aliphatic rings. The van der Waals surface area contributed by atoms with Crippen LogP contribution >= 0.6 is 23.4 Å². The molecule has 0 aliphatic heterocycles. The van der Waals surface area contributed by atoms with Gasteiger partial charge in [0, 0.05) is 11.6 Å². The second kappa shape index (κ2) is 10.5. The topological polar surface area (TPSA) is 12.0 Å². The first-order valence-corrected chi connectivity index (χ1v) is 9.20. The molecule has 0 aliphatic carbocycles. The molecule has 0 heterocycles. The van der Waals surface area contributed by atoms with Crippen LogP contribution in [0.3, 0.4) is 0 Å². The van der Waals surface area contributed by atoms with Crippen molar-refractivity contribution in [2.75, 3.05) is 24.6 Å². The van der Waals surface area contributed by atoms with Crippen LogP contribution in [0.15, 0.2) is 24.3 Å². The number of rotatable bonds is 10. The van der Waals surface area contributed by atoms with Crippen LogP contribution in [0.2, 0.25) is 5.02 Å². The molecule has 0 aromatic heterocycles. The molecule has 1 aromatic carbocycles. The molecule has 1 unspecified atom stereocenters. The molecular formula is C17H28ClNS. The van der Waals surface area contributed by atoms with E-state index < -0.39 is 0 Å². The van der Waals surface area contributed by atoms with Crippen molar-refractivity contribution in [2.45, 2.75) is 39.5 Å². The van der Waals surface area contributed by atoms with Crippen molar-refractivity contribution in [2.24, 2.45) is 5.92 Å². The minimum Gasteiger partial charge on any atom is -0.316 e. The van der Waals surface area contributed by atoms with Crippen molar-refractivity contribution >= 4 is 23.4 Å². The maximum absolute atomic E-state index is 5.99. The van der Waals surface area contributed by atoms with Crippen LogP contribution in [-0.2, 0) is 0 Å².